The van der Waals surface area contributed by atoms with Gasteiger partial charge in [-0.25, -0.2) is 8.78 Å². The van der Waals surface area contributed by atoms with Crippen LogP contribution >= 0.6 is 0 Å². The normalized spacial score (nSPS) is 10.5. The summed E-state index contributed by atoms with van der Waals surface area (Å²) in [5, 5.41) is 2.80. The number of ether oxygens (including phenoxy) is 1. The molecule has 0 radical (unpaired) electrons. The van der Waals surface area contributed by atoms with Crippen molar-refractivity contribution in [2.45, 2.75) is 20.8 Å². The topological polar surface area (TPSA) is 55.4 Å². The minimum atomic E-state index is -0.758. The summed E-state index contributed by atoms with van der Waals surface area (Å²) in [6.07, 6.45) is 0. The van der Waals surface area contributed by atoms with Crippen LogP contribution in [0.5, 0.6) is 5.75 Å². The zero-order chi connectivity index (χ0) is 21.1. The Kier molecular flexibility index (Phi) is 5.73. The van der Waals surface area contributed by atoms with Crippen LogP contribution in [0.25, 0.3) is 11.1 Å². The van der Waals surface area contributed by atoms with Gasteiger partial charge in [-0.1, -0.05) is 18.2 Å². The van der Waals surface area contributed by atoms with Crippen LogP contribution in [0, 0.1) is 25.5 Å². The molecule has 0 spiro atoms. The Morgan fingerprint density at radius 3 is 2.38 bits per heavy atom. The SMILES string of the molecule is CC(=O)Oc1ccc(-c2ccc(F)cc2F)cc1C(=O)Nc1cc(C)ccc1C. The first-order valence-electron chi connectivity index (χ1n) is 8.91. The number of nitrogens with one attached hydrogen (secondary N) is 1. The van der Waals surface area contributed by atoms with Crippen LogP contribution in [0.3, 0.4) is 0 Å². The maximum absolute atomic E-state index is 14.2. The molecule has 0 fully saturated rings. The zero-order valence-electron chi connectivity index (χ0n) is 16.2. The molecule has 29 heavy (non-hydrogen) atoms. The lowest BCUT2D eigenvalue weighted by Gasteiger charge is -2.14. The van der Waals surface area contributed by atoms with Crippen molar-refractivity contribution in [2.75, 3.05) is 5.32 Å². The number of carbonyl (C=O) groups excluding carboxylic acids is 2. The van der Waals surface area contributed by atoms with Gasteiger partial charge in [0.05, 0.1) is 5.56 Å². The lowest BCUT2D eigenvalue weighted by atomic mass is 10.0. The quantitative estimate of drug-likeness (QED) is 0.474. The number of benzene rings is 3. The molecule has 148 valence electrons. The molecule has 0 unspecified atom stereocenters. The van der Waals surface area contributed by atoms with E-state index < -0.39 is 23.5 Å². The van der Waals surface area contributed by atoms with Crippen molar-refractivity contribution < 1.29 is 23.1 Å². The minimum Gasteiger partial charge on any atom is -0.426 e. The molecule has 0 heterocycles. The molecule has 3 aromatic rings. The van der Waals surface area contributed by atoms with Crippen molar-refractivity contribution in [3.63, 3.8) is 0 Å². The van der Waals surface area contributed by atoms with E-state index in [1.807, 2.05) is 32.0 Å². The summed E-state index contributed by atoms with van der Waals surface area (Å²) in [6, 6.07) is 13.1. The fourth-order valence-corrected chi connectivity index (χ4v) is 2.90. The van der Waals surface area contributed by atoms with Gasteiger partial charge in [0.25, 0.3) is 5.91 Å². The van der Waals surface area contributed by atoms with Gasteiger partial charge in [0.2, 0.25) is 0 Å². The van der Waals surface area contributed by atoms with Crippen LogP contribution in [0.4, 0.5) is 14.5 Å². The van der Waals surface area contributed by atoms with E-state index in [0.29, 0.717) is 11.3 Å². The largest absolute Gasteiger partial charge is 0.426 e. The Labute approximate surface area is 167 Å². The van der Waals surface area contributed by atoms with Gasteiger partial charge < -0.3 is 10.1 Å². The first-order valence-corrected chi connectivity index (χ1v) is 8.91. The number of aryl methyl sites for hydroxylation is 2. The van der Waals surface area contributed by atoms with E-state index in [1.54, 1.807) is 0 Å². The Morgan fingerprint density at radius 1 is 0.931 bits per heavy atom. The van der Waals surface area contributed by atoms with Crippen LogP contribution in [-0.2, 0) is 4.79 Å². The molecule has 1 amide bonds. The number of esters is 1. The van der Waals surface area contributed by atoms with Gasteiger partial charge in [-0.05, 0) is 60.9 Å². The van der Waals surface area contributed by atoms with Crippen molar-refractivity contribution in [1.82, 2.24) is 0 Å². The Bertz CT molecular complexity index is 1110. The number of hydrogen-bond acceptors (Lipinski definition) is 3. The van der Waals surface area contributed by atoms with Crippen LogP contribution in [0.15, 0.2) is 54.6 Å². The average Bonchev–Trinajstić information content (AvgIpc) is 2.65. The second-order valence-electron chi connectivity index (χ2n) is 6.70. The summed E-state index contributed by atoms with van der Waals surface area (Å²) in [6.45, 7) is 4.98. The maximum Gasteiger partial charge on any atom is 0.308 e. The predicted octanol–water partition coefficient (Wildman–Crippen LogP) is 5.43. The first kappa shape index (κ1) is 20.2. The summed E-state index contributed by atoms with van der Waals surface area (Å²) in [7, 11) is 0. The average molecular weight is 395 g/mol. The molecule has 6 heteroatoms. The summed E-state index contributed by atoms with van der Waals surface area (Å²) in [4.78, 5) is 24.4. The molecule has 0 aromatic heterocycles. The van der Waals surface area contributed by atoms with E-state index in [9.17, 15) is 18.4 Å². The molecule has 0 aliphatic rings. The van der Waals surface area contributed by atoms with Crippen molar-refractivity contribution in [1.29, 1.82) is 0 Å². The fourth-order valence-electron chi connectivity index (χ4n) is 2.90. The minimum absolute atomic E-state index is 0.0478. The second-order valence-corrected chi connectivity index (χ2v) is 6.70. The molecule has 3 aromatic carbocycles. The van der Waals surface area contributed by atoms with Gasteiger partial charge in [0, 0.05) is 24.2 Å². The monoisotopic (exact) mass is 395 g/mol. The molecule has 1 N–H and O–H groups in total. The highest BCUT2D eigenvalue weighted by Gasteiger charge is 2.18. The third-order valence-corrected chi connectivity index (χ3v) is 4.36. The predicted molar refractivity (Wildman–Crippen MR) is 107 cm³/mol. The number of halogens is 2. The molecule has 4 nitrogen and oxygen atoms in total. The van der Waals surface area contributed by atoms with E-state index in [0.717, 1.165) is 23.3 Å². The first-order chi connectivity index (χ1) is 13.7. The van der Waals surface area contributed by atoms with E-state index in [4.69, 9.17) is 4.74 Å². The molecule has 0 atom stereocenters. The van der Waals surface area contributed by atoms with Gasteiger partial charge in [-0.2, -0.15) is 0 Å². The van der Waals surface area contributed by atoms with Crippen LogP contribution in [-0.4, -0.2) is 11.9 Å². The van der Waals surface area contributed by atoms with E-state index in [-0.39, 0.29) is 16.9 Å². The van der Waals surface area contributed by atoms with Gasteiger partial charge >= 0.3 is 5.97 Å². The van der Waals surface area contributed by atoms with Gasteiger partial charge in [-0.3, -0.25) is 9.59 Å². The lowest BCUT2D eigenvalue weighted by Crippen LogP contribution is -2.16. The number of hydrogen-bond donors (Lipinski definition) is 1. The highest BCUT2D eigenvalue weighted by Crippen LogP contribution is 2.30. The van der Waals surface area contributed by atoms with E-state index in [2.05, 4.69) is 5.32 Å². The molecule has 0 saturated carbocycles. The Hall–Kier alpha value is -3.54. The van der Waals surface area contributed by atoms with Gasteiger partial charge in [0.1, 0.15) is 17.4 Å². The molecule has 3 rings (SSSR count). The molecule has 0 saturated heterocycles. The standard InChI is InChI=1S/C23H19F2NO3/c1-13-4-5-14(2)21(10-13)26-23(28)19-11-16(6-9-22(19)29-15(3)27)18-8-7-17(24)12-20(18)25/h4-12H,1-3H3,(H,26,28). The third kappa shape index (κ3) is 4.66. The summed E-state index contributed by atoms with van der Waals surface area (Å²) < 4.78 is 32.6. The number of rotatable bonds is 4. The lowest BCUT2D eigenvalue weighted by molar-refractivity contribution is -0.131. The fraction of sp³-hybridized carbons (Fsp3) is 0.130. The van der Waals surface area contributed by atoms with Crippen LogP contribution in [0.1, 0.15) is 28.4 Å². The highest BCUT2D eigenvalue weighted by molar-refractivity contribution is 6.07. The second kappa shape index (κ2) is 8.22. The van der Waals surface area contributed by atoms with E-state index in [1.165, 1.54) is 31.2 Å². The zero-order valence-corrected chi connectivity index (χ0v) is 16.2. The Morgan fingerprint density at radius 2 is 1.69 bits per heavy atom. The molecule has 0 aliphatic carbocycles. The number of carbonyl (C=O) groups is 2. The Balaban J connectivity index is 2.05. The summed E-state index contributed by atoms with van der Waals surface area (Å²) in [5.41, 5.74) is 2.97. The van der Waals surface area contributed by atoms with Gasteiger partial charge in [-0.15, -0.1) is 0 Å². The van der Waals surface area contributed by atoms with Crippen molar-refractivity contribution in [2.24, 2.45) is 0 Å². The summed E-state index contributed by atoms with van der Waals surface area (Å²) >= 11 is 0. The molecular formula is C23H19F2NO3. The number of amides is 1. The van der Waals surface area contributed by atoms with Crippen LogP contribution in [0.2, 0.25) is 0 Å². The maximum atomic E-state index is 14.2. The smallest absolute Gasteiger partial charge is 0.308 e. The van der Waals surface area contributed by atoms with E-state index >= 15 is 0 Å². The third-order valence-electron chi connectivity index (χ3n) is 4.36. The molecule has 0 bridgehead atoms. The van der Waals surface area contributed by atoms with Gasteiger partial charge in [0.15, 0.2) is 0 Å². The molecule has 0 aliphatic heterocycles. The van der Waals surface area contributed by atoms with Crippen molar-refractivity contribution in [3.8, 4) is 16.9 Å². The van der Waals surface area contributed by atoms with Crippen LogP contribution < -0.4 is 10.1 Å². The van der Waals surface area contributed by atoms with Crippen molar-refractivity contribution >= 4 is 17.6 Å². The highest BCUT2D eigenvalue weighted by atomic mass is 19.1. The summed E-state index contributed by atoms with van der Waals surface area (Å²) in [5.74, 6) is -2.51. The number of anilines is 1. The van der Waals surface area contributed by atoms with Crippen molar-refractivity contribution in [3.05, 3.63) is 82.9 Å². The molecular weight excluding hydrogens is 376 g/mol.